The number of halogens is 1. The van der Waals surface area contributed by atoms with E-state index >= 15 is 0 Å². The molecule has 0 aliphatic heterocycles. The minimum Gasteiger partial charge on any atom is -0.465 e. The fraction of sp³-hybridized carbons (Fsp3) is 0.182. The second-order valence-corrected chi connectivity index (χ2v) is 4.97. The Bertz CT molecular complexity index is 526. The normalized spacial score (nSPS) is 10.7. The van der Waals surface area contributed by atoms with Crippen molar-refractivity contribution in [2.24, 2.45) is 4.99 Å². The molecule has 5 nitrogen and oxygen atoms in total. The summed E-state index contributed by atoms with van der Waals surface area (Å²) in [5.74, 6) is -0.385. The van der Waals surface area contributed by atoms with E-state index in [1.54, 1.807) is 18.2 Å². The van der Waals surface area contributed by atoms with Gasteiger partial charge in [-0.2, -0.15) is 5.26 Å². The number of thioether (sulfide) groups is 1. The zero-order valence-corrected chi connectivity index (χ0v) is 12.7. The van der Waals surface area contributed by atoms with Crippen molar-refractivity contribution in [3.63, 3.8) is 0 Å². The number of hydrogen-bond donors (Lipinski definition) is 1. The molecule has 0 bridgehead atoms. The van der Waals surface area contributed by atoms with E-state index in [1.165, 1.54) is 18.9 Å². The Labute approximate surface area is 123 Å². The molecule has 1 rings (SSSR count). The molecule has 0 unspecified atom stereocenters. The molecule has 1 N–H and O–H groups in total. The van der Waals surface area contributed by atoms with Crippen molar-refractivity contribution in [3.8, 4) is 6.19 Å². The van der Waals surface area contributed by atoms with Crippen LogP contribution in [0.2, 0.25) is 0 Å². The molecule has 18 heavy (non-hydrogen) atoms. The third-order valence-corrected chi connectivity index (χ3v) is 3.39. The second-order valence-electron chi connectivity index (χ2n) is 3.02. The van der Waals surface area contributed by atoms with E-state index in [0.29, 0.717) is 16.4 Å². The van der Waals surface area contributed by atoms with E-state index in [0.717, 1.165) is 3.57 Å². The summed E-state index contributed by atoms with van der Waals surface area (Å²) >= 11 is 3.41. The van der Waals surface area contributed by atoms with Gasteiger partial charge in [0.25, 0.3) is 0 Å². The molecule has 0 heterocycles. The van der Waals surface area contributed by atoms with Gasteiger partial charge in [0.05, 0.1) is 18.4 Å². The molecule has 0 aliphatic rings. The standard InChI is InChI=1S/C11H10IN3O2S/c1-17-10(16)7-3-4-9(8(12)5-7)15-11(18-2)14-6-13/h3-5H,1-2H3,(H,14,15). The lowest BCUT2D eigenvalue weighted by atomic mass is 10.2. The average molecular weight is 375 g/mol. The number of carbonyl (C=O) groups excluding carboxylic acids is 1. The summed E-state index contributed by atoms with van der Waals surface area (Å²) in [6, 6.07) is 5.04. The molecule has 0 atom stereocenters. The van der Waals surface area contributed by atoms with Gasteiger partial charge in [-0.05, 0) is 47.0 Å². The van der Waals surface area contributed by atoms with Crippen LogP contribution in [0.3, 0.4) is 0 Å². The highest BCUT2D eigenvalue weighted by Gasteiger charge is 2.08. The van der Waals surface area contributed by atoms with Gasteiger partial charge in [-0.15, -0.1) is 0 Å². The molecule has 0 aliphatic carbocycles. The van der Waals surface area contributed by atoms with Crippen LogP contribution in [0.1, 0.15) is 10.4 Å². The van der Waals surface area contributed by atoms with Crippen molar-refractivity contribution in [2.75, 3.05) is 13.4 Å². The lowest BCUT2D eigenvalue weighted by molar-refractivity contribution is 0.0600. The highest BCUT2D eigenvalue weighted by Crippen LogP contribution is 2.24. The zero-order chi connectivity index (χ0) is 13.5. The van der Waals surface area contributed by atoms with Crippen molar-refractivity contribution in [2.45, 2.75) is 0 Å². The predicted molar refractivity (Wildman–Crippen MR) is 79.9 cm³/mol. The lowest BCUT2D eigenvalue weighted by Gasteiger charge is -2.04. The van der Waals surface area contributed by atoms with Gasteiger partial charge in [0.1, 0.15) is 0 Å². The Balaban J connectivity index is 3.06. The average Bonchev–Trinajstić information content (AvgIpc) is 2.39. The third-order valence-electron chi connectivity index (χ3n) is 1.95. The highest BCUT2D eigenvalue weighted by molar-refractivity contribution is 14.1. The fourth-order valence-corrected chi connectivity index (χ4v) is 2.10. The summed E-state index contributed by atoms with van der Waals surface area (Å²) in [4.78, 5) is 15.6. The molecule has 0 saturated carbocycles. The van der Waals surface area contributed by atoms with Crippen molar-refractivity contribution in [3.05, 3.63) is 27.3 Å². The molecule has 0 aromatic heterocycles. The number of nitrogens with zero attached hydrogens (tertiary/aromatic N) is 2. The largest absolute Gasteiger partial charge is 0.465 e. The lowest BCUT2D eigenvalue weighted by Crippen LogP contribution is -2.12. The molecule has 0 spiro atoms. The maximum atomic E-state index is 11.3. The maximum absolute atomic E-state index is 11.3. The summed E-state index contributed by atoms with van der Waals surface area (Å²) in [7, 11) is 1.34. The number of carbonyl (C=O) groups is 1. The molecule has 0 saturated heterocycles. The molecule has 7 heteroatoms. The first-order chi connectivity index (χ1) is 8.62. The number of rotatable bonds is 2. The Morgan fingerprint density at radius 2 is 2.33 bits per heavy atom. The first-order valence-corrected chi connectivity index (χ1v) is 7.08. The number of ether oxygens (including phenoxy) is 1. The molecule has 0 fully saturated rings. The van der Waals surface area contributed by atoms with Crippen LogP contribution in [0.25, 0.3) is 0 Å². The van der Waals surface area contributed by atoms with Crippen LogP contribution < -0.4 is 5.32 Å². The van der Waals surface area contributed by atoms with Gasteiger partial charge in [-0.3, -0.25) is 5.32 Å². The van der Waals surface area contributed by atoms with E-state index in [4.69, 9.17) is 5.26 Å². The number of benzene rings is 1. The van der Waals surface area contributed by atoms with Crippen LogP contribution in [0.15, 0.2) is 23.2 Å². The van der Waals surface area contributed by atoms with E-state index in [-0.39, 0.29) is 5.97 Å². The van der Waals surface area contributed by atoms with Crippen LogP contribution in [-0.2, 0) is 4.74 Å². The minimum atomic E-state index is -0.385. The van der Waals surface area contributed by atoms with Crippen molar-refractivity contribution < 1.29 is 9.53 Å². The van der Waals surface area contributed by atoms with Gasteiger partial charge < -0.3 is 4.74 Å². The topological polar surface area (TPSA) is 74.5 Å². The van der Waals surface area contributed by atoms with E-state index < -0.39 is 0 Å². The number of aliphatic imine (C=N–C) groups is 1. The van der Waals surface area contributed by atoms with Crippen LogP contribution in [0, 0.1) is 15.0 Å². The van der Waals surface area contributed by atoms with E-state index in [9.17, 15) is 4.79 Å². The molecule has 94 valence electrons. The Morgan fingerprint density at radius 1 is 1.61 bits per heavy atom. The number of esters is 1. The molecular weight excluding hydrogens is 365 g/mol. The summed E-state index contributed by atoms with van der Waals surface area (Å²) in [6.07, 6.45) is 3.64. The van der Waals surface area contributed by atoms with Crippen LogP contribution in [-0.4, -0.2) is 24.5 Å². The van der Waals surface area contributed by atoms with E-state index in [1.807, 2.05) is 12.4 Å². The highest BCUT2D eigenvalue weighted by atomic mass is 127. The molecular formula is C11H10IN3O2S. The summed E-state index contributed by atoms with van der Waals surface area (Å²) in [5, 5.41) is 11.5. The maximum Gasteiger partial charge on any atom is 0.337 e. The smallest absolute Gasteiger partial charge is 0.337 e. The van der Waals surface area contributed by atoms with Gasteiger partial charge in [0, 0.05) is 3.57 Å². The molecule has 0 amide bonds. The van der Waals surface area contributed by atoms with Gasteiger partial charge in [0.2, 0.25) is 0 Å². The SMILES string of the molecule is COC(=O)c1ccc(N=C(NC#N)SC)c(I)c1. The number of amidine groups is 1. The molecule has 0 radical (unpaired) electrons. The van der Waals surface area contributed by atoms with Crippen molar-refractivity contribution in [1.29, 1.82) is 5.26 Å². The summed E-state index contributed by atoms with van der Waals surface area (Å²) < 4.78 is 5.44. The number of nitriles is 1. The minimum absolute atomic E-state index is 0.385. The van der Waals surface area contributed by atoms with Gasteiger partial charge >= 0.3 is 5.97 Å². The third kappa shape index (κ3) is 3.89. The van der Waals surface area contributed by atoms with Crippen LogP contribution >= 0.6 is 34.4 Å². The van der Waals surface area contributed by atoms with Crippen molar-refractivity contribution >= 4 is 51.2 Å². The number of hydrogen-bond acceptors (Lipinski definition) is 5. The monoisotopic (exact) mass is 375 g/mol. The number of methoxy groups -OCH3 is 1. The van der Waals surface area contributed by atoms with Crippen LogP contribution in [0.4, 0.5) is 5.69 Å². The zero-order valence-electron chi connectivity index (χ0n) is 9.73. The molecule has 1 aromatic carbocycles. The van der Waals surface area contributed by atoms with Gasteiger partial charge in [0.15, 0.2) is 11.4 Å². The predicted octanol–water partition coefficient (Wildman–Crippen LogP) is 2.50. The quantitative estimate of drug-likeness (QED) is 0.215. The Morgan fingerprint density at radius 3 is 2.83 bits per heavy atom. The van der Waals surface area contributed by atoms with Gasteiger partial charge in [-0.1, -0.05) is 11.8 Å². The Kier molecular flexibility index (Phi) is 5.94. The fourth-order valence-electron chi connectivity index (χ4n) is 1.12. The summed E-state index contributed by atoms with van der Waals surface area (Å²) in [6.45, 7) is 0. The first-order valence-electron chi connectivity index (χ1n) is 4.78. The summed E-state index contributed by atoms with van der Waals surface area (Å²) in [5.41, 5.74) is 1.16. The first kappa shape index (κ1) is 14.8. The second kappa shape index (κ2) is 7.23. The van der Waals surface area contributed by atoms with Crippen molar-refractivity contribution in [1.82, 2.24) is 5.32 Å². The Hall–Kier alpha value is -1.27. The van der Waals surface area contributed by atoms with Gasteiger partial charge in [-0.25, -0.2) is 9.79 Å². The number of nitrogens with one attached hydrogen (secondary N) is 1. The van der Waals surface area contributed by atoms with E-state index in [2.05, 4.69) is 37.6 Å². The van der Waals surface area contributed by atoms with Crippen LogP contribution in [0.5, 0.6) is 0 Å². The molecule has 1 aromatic rings.